The molecule has 310 valence electrons. The van der Waals surface area contributed by atoms with Crippen molar-refractivity contribution >= 4 is 68.2 Å². The van der Waals surface area contributed by atoms with Crippen molar-refractivity contribution in [2.24, 2.45) is 5.41 Å². The maximum absolute atomic E-state index is 4.80. The molecule has 2 aliphatic rings. The van der Waals surface area contributed by atoms with Crippen LogP contribution in [0.3, 0.4) is 0 Å². The second-order valence-electron chi connectivity index (χ2n) is 21.8. The maximum atomic E-state index is 4.80. The van der Waals surface area contributed by atoms with Gasteiger partial charge < -0.3 is 9.47 Å². The van der Waals surface area contributed by atoms with Gasteiger partial charge in [0.25, 0.3) is 0 Å². The molecule has 0 unspecified atom stereocenters. The minimum absolute atomic E-state index is 0.00270. The van der Waals surface area contributed by atoms with Crippen LogP contribution in [0, 0.1) is 47.0 Å². The summed E-state index contributed by atoms with van der Waals surface area (Å²) >= 11 is 0. The van der Waals surface area contributed by atoms with Crippen LogP contribution in [0.4, 0.5) is 5.69 Å². The van der Waals surface area contributed by atoms with Crippen molar-refractivity contribution in [3.8, 4) is 5.69 Å². The van der Waals surface area contributed by atoms with E-state index in [4.69, 9.17) is 6.58 Å². The summed E-state index contributed by atoms with van der Waals surface area (Å²) in [5.74, 6) is 0. The lowest BCUT2D eigenvalue weighted by Gasteiger charge is -2.40. The summed E-state index contributed by atoms with van der Waals surface area (Å²) in [4.78, 5) is 2.43. The van der Waals surface area contributed by atoms with Crippen molar-refractivity contribution in [3.05, 3.63) is 159 Å². The normalized spacial score (nSPS) is 14.5. The number of allylic oxidation sites excluding steroid dienone is 5. The van der Waals surface area contributed by atoms with Gasteiger partial charge in [0.1, 0.15) is 0 Å². The summed E-state index contributed by atoms with van der Waals surface area (Å²) < 4.78 is 2.63. The number of nitrogens with zero attached hydrogens (tertiary/aromatic N) is 2. The Morgan fingerprint density at radius 1 is 0.574 bits per heavy atom. The fraction of sp³-hybridized carbons (Fsp3) is 0.333. The Kier molecular flexibility index (Phi) is 10.1. The van der Waals surface area contributed by atoms with Crippen LogP contribution in [0.1, 0.15) is 114 Å². The molecule has 2 nitrogen and oxygen atoms in total. The van der Waals surface area contributed by atoms with E-state index in [1.807, 2.05) is 0 Å². The number of fused-ring (bicyclic) bond motifs is 6. The third-order valence-corrected chi connectivity index (χ3v) is 13.6. The molecule has 0 radical (unpaired) electrons. The van der Waals surface area contributed by atoms with Crippen LogP contribution in [-0.2, 0) is 10.8 Å². The first kappa shape index (κ1) is 42.5. The first-order valence-electron chi connectivity index (χ1n) is 22.4. The van der Waals surface area contributed by atoms with E-state index in [-0.39, 0.29) is 29.7 Å². The zero-order valence-electron chi connectivity index (χ0n) is 40.0. The molecule has 1 aromatic heterocycles. The molecular formula is C57H66B2N2. The van der Waals surface area contributed by atoms with Crippen LogP contribution in [-0.4, -0.2) is 18.0 Å². The molecule has 6 aromatic rings. The highest BCUT2D eigenvalue weighted by Gasteiger charge is 2.42. The van der Waals surface area contributed by atoms with E-state index >= 15 is 0 Å². The lowest BCUT2D eigenvalue weighted by Crippen LogP contribution is -2.59. The lowest BCUT2D eigenvalue weighted by molar-refractivity contribution is 0.544. The summed E-state index contributed by atoms with van der Waals surface area (Å²) in [7, 11) is 0. The van der Waals surface area contributed by atoms with E-state index in [9.17, 15) is 0 Å². The summed E-state index contributed by atoms with van der Waals surface area (Å²) in [6, 6.07) is 26.9. The van der Waals surface area contributed by atoms with E-state index in [2.05, 4.69) is 212 Å². The van der Waals surface area contributed by atoms with Gasteiger partial charge in [0, 0.05) is 39.1 Å². The fourth-order valence-electron chi connectivity index (χ4n) is 10.8. The van der Waals surface area contributed by atoms with E-state index in [1.54, 1.807) is 0 Å². The quantitative estimate of drug-likeness (QED) is 0.124. The van der Waals surface area contributed by atoms with Gasteiger partial charge in [0.2, 0.25) is 13.4 Å². The highest BCUT2D eigenvalue weighted by Crippen LogP contribution is 2.40. The third kappa shape index (κ3) is 6.99. The van der Waals surface area contributed by atoms with Gasteiger partial charge >= 0.3 is 0 Å². The number of benzene rings is 5. The Labute approximate surface area is 368 Å². The monoisotopic (exact) mass is 801 g/mol. The second kappa shape index (κ2) is 14.4. The van der Waals surface area contributed by atoms with Gasteiger partial charge in [-0.05, 0) is 134 Å². The van der Waals surface area contributed by atoms with Gasteiger partial charge in [-0.15, -0.1) is 0 Å². The summed E-state index contributed by atoms with van der Waals surface area (Å²) in [5.41, 5.74) is 25.7. The Hall–Kier alpha value is -5.21. The number of aromatic nitrogens is 1. The molecule has 0 bridgehead atoms. The molecule has 61 heavy (non-hydrogen) atoms. The predicted octanol–water partition coefficient (Wildman–Crippen LogP) is 11.6. The van der Waals surface area contributed by atoms with Gasteiger partial charge in [0.15, 0.2) is 0 Å². The van der Waals surface area contributed by atoms with Gasteiger partial charge in [-0.2, -0.15) is 0 Å². The minimum atomic E-state index is -0.0489. The molecule has 0 fully saturated rings. The van der Waals surface area contributed by atoms with Crippen molar-refractivity contribution in [2.45, 2.75) is 122 Å². The summed E-state index contributed by atoms with van der Waals surface area (Å²) in [5, 5.41) is 2.66. The number of rotatable bonds is 5. The molecule has 8 rings (SSSR count). The molecule has 4 heteroatoms. The van der Waals surface area contributed by atoms with Crippen LogP contribution in [0.15, 0.2) is 115 Å². The predicted molar refractivity (Wildman–Crippen MR) is 272 cm³/mol. The molecule has 0 aliphatic carbocycles. The van der Waals surface area contributed by atoms with Crippen molar-refractivity contribution in [2.75, 3.05) is 4.90 Å². The highest BCUT2D eigenvalue weighted by molar-refractivity contribution is 6.99. The standard InChI is InChI=1S/C57H66B2N2/c1-19-45-40(9)60(39(8)22-23-55(10,11)12)50-31-47-51(32-46(50)58(45)52-35(4)24-33(2)25-36(52)5)61-49-21-20-41(56(13,14)15)28-43(49)44-29-42(57(16,17)18)30-48(54(44)61)59(47)53-37(6)26-34(3)27-38(53)7/h19-32H,1,8H2,2-7,9-18H3/b23-22-. The molecular weight excluding hydrogens is 734 g/mol. The van der Waals surface area contributed by atoms with Crippen molar-refractivity contribution in [1.29, 1.82) is 0 Å². The van der Waals surface area contributed by atoms with Crippen molar-refractivity contribution < 1.29 is 0 Å². The minimum Gasteiger partial charge on any atom is -0.316 e. The van der Waals surface area contributed by atoms with E-state index < -0.39 is 0 Å². The Bertz CT molecular complexity index is 2880. The molecule has 0 N–H and O–H groups in total. The Morgan fingerprint density at radius 2 is 1.08 bits per heavy atom. The first-order chi connectivity index (χ1) is 28.4. The molecule has 0 atom stereocenters. The third-order valence-electron chi connectivity index (χ3n) is 13.6. The average molecular weight is 801 g/mol. The zero-order chi connectivity index (χ0) is 44.4. The van der Waals surface area contributed by atoms with Crippen molar-refractivity contribution in [1.82, 2.24) is 4.57 Å². The van der Waals surface area contributed by atoms with Gasteiger partial charge in [-0.3, -0.25) is 0 Å². The second-order valence-corrected chi connectivity index (χ2v) is 21.8. The number of anilines is 1. The first-order valence-corrected chi connectivity index (χ1v) is 22.4. The maximum Gasteiger partial charge on any atom is 0.247 e. The molecule has 0 spiro atoms. The van der Waals surface area contributed by atoms with E-state index in [0.29, 0.717) is 0 Å². The molecule has 0 saturated carbocycles. The molecule has 2 aliphatic heterocycles. The summed E-state index contributed by atoms with van der Waals surface area (Å²) in [6.45, 7) is 46.1. The smallest absolute Gasteiger partial charge is 0.247 e. The summed E-state index contributed by atoms with van der Waals surface area (Å²) in [6.07, 6.45) is 6.62. The van der Waals surface area contributed by atoms with Crippen LogP contribution >= 0.6 is 0 Å². The van der Waals surface area contributed by atoms with Crippen LogP contribution in [0.25, 0.3) is 27.5 Å². The van der Waals surface area contributed by atoms with E-state index in [0.717, 1.165) is 5.70 Å². The van der Waals surface area contributed by atoms with Gasteiger partial charge in [-0.1, -0.05) is 168 Å². The Morgan fingerprint density at radius 3 is 1.61 bits per heavy atom. The van der Waals surface area contributed by atoms with Crippen molar-refractivity contribution in [3.63, 3.8) is 0 Å². The number of aryl methyl sites for hydroxylation is 6. The van der Waals surface area contributed by atoms with Crippen LogP contribution < -0.4 is 32.2 Å². The van der Waals surface area contributed by atoms with Crippen LogP contribution in [0.2, 0.25) is 0 Å². The highest BCUT2D eigenvalue weighted by atomic mass is 15.2. The van der Waals surface area contributed by atoms with Gasteiger partial charge in [-0.25, -0.2) is 0 Å². The topological polar surface area (TPSA) is 8.17 Å². The lowest BCUT2D eigenvalue weighted by atomic mass is 9.31. The molecule has 0 amide bonds. The SMILES string of the molecule is C=CC1=C(C)N(C(=C)/C=C\C(C)(C)C)c2cc3c(cc2B1c1c(C)cc(C)cc1C)-n1c2ccc(C(C)(C)C)cc2c2cc(C(C)(C)C)cc(c21)B3c1c(C)cc(C)cc1C. The fourth-order valence-corrected chi connectivity index (χ4v) is 10.8. The average Bonchev–Trinajstić information content (AvgIpc) is 3.47. The van der Waals surface area contributed by atoms with Crippen LogP contribution in [0.5, 0.6) is 0 Å². The zero-order valence-corrected chi connectivity index (χ0v) is 40.0. The molecule has 0 saturated heterocycles. The largest absolute Gasteiger partial charge is 0.316 e. The number of hydrogen-bond donors (Lipinski definition) is 0. The van der Waals surface area contributed by atoms with Gasteiger partial charge in [0.05, 0.1) is 5.52 Å². The number of hydrogen-bond acceptors (Lipinski definition) is 1. The molecule has 5 aromatic carbocycles. The van der Waals surface area contributed by atoms with E-state index in [1.165, 1.54) is 116 Å². The Balaban J connectivity index is 1.59. The molecule has 3 heterocycles.